The van der Waals surface area contributed by atoms with Crippen molar-refractivity contribution >= 4 is 17.5 Å². The van der Waals surface area contributed by atoms with E-state index in [1.165, 1.54) is 22.8 Å². The molecule has 0 spiro atoms. The van der Waals surface area contributed by atoms with Gasteiger partial charge in [-0.1, -0.05) is 19.1 Å². The highest BCUT2D eigenvalue weighted by atomic mass is 19.4. The summed E-state index contributed by atoms with van der Waals surface area (Å²) < 4.78 is 56.1. The molecule has 0 aliphatic carbocycles. The van der Waals surface area contributed by atoms with E-state index in [9.17, 15) is 27.2 Å². The molecule has 9 nitrogen and oxygen atoms in total. The van der Waals surface area contributed by atoms with Gasteiger partial charge in [-0.2, -0.15) is 23.4 Å². The Bertz CT molecular complexity index is 1550. The number of halogens is 4. The fourth-order valence-corrected chi connectivity index (χ4v) is 5.36. The SMILES string of the molecule is CCC(c1ccc(F)cc1)C(NC(=O)c1ccnn1CC)c1cn2ncc(CC3C[C@@H](C(F)(F)F)NC3=O)cc2n1. The van der Waals surface area contributed by atoms with Gasteiger partial charge in [-0.3, -0.25) is 14.3 Å². The summed E-state index contributed by atoms with van der Waals surface area (Å²) in [5, 5.41) is 13.6. The van der Waals surface area contributed by atoms with E-state index in [2.05, 4.69) is 15.5 Å². The molecule has 13 heteroatoms. The summed E-state index contributed by atoms with van der Waals surface area (Å²) in [5.41, 5.74) is 2.66. The zero-order valence-electron chi connectivity index (χ0n) is 22.4. The van der Waals surface area contributed by atoms with E-state index in [4.69, 9.17) is 4.98 Å². The van der Waals surface area contributed by atoms with Crippen LogP contribution >= 0.6 is 0 Å². The Kier molecular flexibility index (Phi) is 7.78. The van der Waals surface area contributed by atoms with Gasteiger partial charge in [0, 0.05) is 24.6 Å². The van der Waals surface area contributed by atoms with E-state index in [-0.39, 0.29) is 30.5 Å². The van der Waals surface area contributed by atoms with Crippen LogP contribution in [-0.4, -0.2) is 48.4 Å². The largest absolute Gasteiger partial charge is 0.408 e. The first-order valence-corrected chi connectivity index (χ1v) is 13.4. The van der Waals surface area contributed by atoms with Crippen molar-refractivity contribution in [1.82, 2.24) is 35.0 Å². The number of nitrogens with one attached hydrogen (secondary N) is 2. The number of carbonyl (C=O) groups is 2. The third-order valence-corrected chi connectivity index (χ3v) is 7.47. The van der Waals surface area contributed by atoms with Crippen molar-refractivity contribution < 1.29 is 27.2 Å². The predicted octanol–water partition coefficient (Wildman–Crippen LogP) is 4.36. The zero-order valence-corrected chi connectivity index (χ0v) is 22.4. The monoisotopic (exact) mass is 571 g/mol. The number of carbonyl (C=O) groups excluding carboxylic acids is 2. The summed E-state index contributed by atoms with van der Waals surface area (Å²) in [4.78, 5) is 30.3. The number of aryl methyl sites for hydroxylation is 1. The Morgan fingerprint density at radius 3 is 2.59 bits per heavy atom. The van der Waals surface area contributed by atoms with Gasteiger partial charge in [0.05, 0.1) is 24.1 Å². The first-order valence-electron chi connectivity index (χ1n) is 13.4. The molecule has 4 atom stereocenters. The molecule has 1 aromatic carbocycles. The van der Waals surface area contributed by atoms with E-state index in [1.54, 1.807) is 41.3 Å². The molecule has 41 heavy (non-hydrogen) atoms. The van der Waals surface area contributed by atoms with Gasteiger partial charge in [0.1, 0.15) is 17.6 Å². The fourth-order valence-electron chi connectivity index (χ4n) is 5.36. The number of fused-ring (bicyclic) bond motifs is 1. The van der Waals surface area contributed by atoms with Crippen molar-refractivity contribution in [3.63, 3.8) is 0 Å². The molecule has 2 N–H and O–H groups in total. The standard InChI is InChI=1S/C28H29F4N7O2/c1-3-20(17-5-7-19(29)8-6-17)25(37-27(41)22-9-10-33-38(22)4-2)21-15-39-24(35-21)12-16(14-34-39)11-18-13-23(28(30,31)32)36-26(18)40/h5-10,12,14-15,18,20,23,25H,3-4,11,13H2,1-2H3,(H,36,40)(H,37,41)/t18?,20?,23-,25?/m0/s1. The van der Waals surface area contributed by atoms with Crippen LogP contribution < -0.4 is 10.6 Å². The fraction of sp³-hybridized carbons (Fsp3) is 0.393. The summed E-state index contributed by atoms with van der Waals surface area (Å²) >= 11 is 0. The van der Waals surface area contributed by atoms with Gasteiger partial charge >= 0.3 is 6.18 Å². The Morgan fingerprint density at radius 1 is 1.17 bits per heavy atom. The van der Waals surface area contributed by atoms with Crippen LogP contribution in [0.4, 0.5) is 17.6 Å². The lowest BCUT2D eigenvalue weighted by Gasteiger charge is -2.26. The highest BCUT2D eigenvalue weighted by Crippen LogP contribution is 2.35. The maximum absolute atomic E-state index is 13.7. The molecule has 1 aliphatic heterocycles. The normalized spacial score (nSPS) is 18.8. The summed E-state index contributed by atoms with van der Waals surface area (Å²) in [7, 11) is 0. The van der Waals surface area contributed by atoms with Crippen LogP contribution in [0, 0.1) is 11.7 Å². The van der Waals surface area contributed by atoms with E-state index >= 15 is 0 Å². The minimum atomic E-state index is -4.50. The number of aromatic nitrogens is 5. The summed E-state index contributed by atoms with van der Waals surface area (Å²) in [6.07, 6.45) is 0.547. The van der Waals surface area contributed by atoms with Crippen LogP contribution in [0.3, 0.4) is 0 Å². The highest BCUT2D eigenvalue weighted by molar-refractivity contribution is 5.92. The van der Waals surface area contributed by atoms with Gasteiger partial charge in [0.2, 0.25) is 5.91 Å². The highest BCUT2D eigenvalue weighted by Gasteiger charge is 2.47. The number of hydrogen-bond donors (Lipinski definition) is 2. The van der Waals surface area contributed by atoms with Crippen LogP contribution in [0.2, 0.25) is 0 Å². The number of nitrogens with zero attached hydrogens (tertiary/aromatic N) is 5. The van der Waals surface area contributed by atoms with Gasteiger partial charge in [-0.15, -0.1) is 0 Å². The topological polar surface area (TPSA) is 106 Å². The molecule has 1 fully saturated rings. The van der Waals surface area contributed by atoms with Crippen molar-refractivity contribution in [3.05, 3.63) is 83.3 Å². The Morgan fingerprint density at radius 2 is 1.93 bits per heavy atom. The molecule has 1 saturated heterocycles. The maximum atomic E-state index is 13.7. The van der Waals surface area contributed by atoms with Crippen molar-refractivity contribution in [3.8, 4) is 0 Å². The average molecular weight is 572 g/mol. The molecular formula is C28H29F4N7O2. The predicted molar refractivity (Wildman–Crippen MR) is 140 cm³/mol. The third kappa shape index (κ3) is 5.93. The second kappa shape index (κ2) is 11.3. The molecule has 5 rings (SSSR count). The first kappa shape index (κ1) is 28.2. The second-order valence-corrected chi connectivity index (χ2v) is 10.1. The lowest BCUT2D eigenvalue weighted by Crippen LogP contribution is -2.38. The van der Waals surface area contributed by atoms with E-state index in [0.29, 0.717) is 35.6 Å². The lowest BCUT2D eigenvalue weighted by molar-refractivity contribution is -0.154. The van der Waals surface area contributed by atoms with E-state index in [0.717, 1.165) is 5.56 Å². The van der Waals surface area contributed by atoms with E-state index < -0.39 is 30.1 Å². The molecule has 3 unspecified atom stereocenters. The van der Waals surface area contributed by atoms with Gasteiger partial charge in [0.25, 0.3) is 5.91 Å². The quantitative estimate of drug-likeness (QED) is 0.291. The molecule has 4 aromatic rings. The molecule has 216 valence electrons. The molecule has 0 bridgehead atoms. The maximum Gasteiger partial charge on any atom is 0.408 e. The van der Waals surface area contributed by atoms with Crippen LogP contribution in [0.1, 0.15) is 66.0 Å². The van der Waals surface area contributed by atoms with Crippen molar-refractivity contribution in [2.45, 2.75) is 63.8 Å². The number of hydrogen-bond acceptors (Lipinski definition) is 5. The number of benzene rings is 1. The first-order chi connectivity index (χ1) is 19.6. The van der Waals surface area contributed by atoms with Gasteiger partial charge in [-0.05, 0) is 61.6 Å². The van der Waals surface area contributed by atoms with Crippen LogP contribution in [0.5, 0.6) is 0 Å². The van der Waals surface area contributed by atoms with Crippen molar-refractivity contribution in [2.75, 3.05) is 0 Å². The lowest BCUT2D eigenvalue weighted by atomic mass is 9.87. The molecular weight excluding hydrogens is 542 g/mol. The Hall–Kier alpha value is -4.29. The summed E-state index contributed by atoms with van der Waals surface area (Å²) in [5.74, 6) is -2.48. The molecule has 1 aliphatic rings. The van der Waals surface area contributed by atoms with Crippen LogP contribution in [-0.2, 0) is 17.8 Å². The van der Waals surface area contributed by atoms with E-state index in [1.807, 2.05) is 19.2 Å². The minimum absolute atomic E-state index is 0.0818. The summed E-state index contributed by atoms with van der Waals surface area (Å²) in [6.45, 7) is 4.33. The van der Waals surface area contributed by atoms with Crippen molar-refractivity contribution in [2.24, 2.45) is 5.92 Å². The number of alkyl halides is 3. The van der Waals surface area contributed by atoms with Gasteiger partial charge < -0.3 is 10.6 Å². The Labute approximate surface area is 233 Å². The minimum Gasteiger partial charge on any atom is -0.344 e. The van der Waals surface area contributed by atoms with Crippen LogP contribution in [0.15, 0.2) is 55.0 Å². The molecule has 4 heterocycles. The number of imidazole rings is 1. The smallest absolute Gasteiger partial charge is 0.344 e. The molecule has 0 saturated carbocycles. The number of rotatable bonds is 9. The molecule has 0 radical (unpaired) electrons. The van der Waals surface area contributed by atoms with Gasteiger partial charge in [0.15, 0.2) is 5.65 Å². The second-order valence-electron chi connectivity index (χ2n) is 10.1. The Balaban J connectivity index is 1.46. The average Bonchev–Trinajstić information content (AvgIpc) is 3.67. The van der Waals surface area contributed by atoms with Crippen molar-refractivity contribution in [1.29, 1.82) is 0 Å². The molecule has 2 amide bonds. The molecule has 3 aromatic heterocycles. The number of amides is 2. The summed E-state index contributed by atoms with van der Waals surface area (Å²) in [6, 6.07) is 6.88. The third-order valence-electron chi connectivity index (χ3n) is 7.47. The zero-order chi connectivity index (χ0) is 29.3. The van der Waals surface area contributed by atoms with Crippen LogP contribution in [0.25, 0.3) is 5.65 Å². The van der Waals surface area contributed by atoms with Gasteiger partial charge in [-0.25, -0.2) is 13.9 Å².